The maximum atomic E-state index is 4.66. The molecular formula is C59H50N2. The van der Waals surface area contributed by atoms with Crippen molar-refractivity contribution in [1.82, 2.24) is 9.97 Å². The van der Waals surface area contributed by atoms with Gasteiger partial charge >= 0.3 is 0 Å². The Kier molecular flexibility index (Phi) is 10.8. The van der Waals surface area contributed by atoms with Crippen LogP contribution in [0.15, 0.2) is 182 Å². The van der Waals surface area contributed by atoms with Gasteiger partial charge in [0.2, 0.25) is 0 Å². The third-order valence-corrected chi connectivity index (χ3v) is 12.3. The molecule has 0 radical (unpaired) electrons. The molecule has 0 N–H and O–H groups in total. The molecule has 0 atom stereocenters. The van der Waals surface area contributed by atoms with Gasteiger partial charge in [-0.1, -0.05) is 134 Å². The van der Waals surface area contributed by atoms with E-state index in [0.717, 1.165) is 34.5 Å². The molecule has 0 spiro atoms. The Balaban J connectivity index is 0.964. The summed E-state index contributed by atoms with van der Waals surface area (Å²) in [5, 5.41) is 0. The zero-order valence-electron chi connectivity index (χ0n) is 35.9. The zero-order valence-corrected chi connectivity index (χ0v) is 35.9. The molecule has 2 aromatic heterocycles. The van der Waals surface area contributed by atoms with Gasteiger partial charge in [-0.2, -0.15) is 0 Å². The molecule has 9 aromatic rings. The molecule has 2 heteroatoms. The lowest BCUT2D eigenvalue weighted by molar-refractivity contribution is 1.14. The minimum atomic E-state index is 0.946. The standard InChI is InChI=1S/C59H50N2/c1-7-43-34-48(22-27-57(43)52-15-9-8-14-38(52)2)46-20-25-55(41(5)32-46)53-23-18-44(30-39(53)3)45-19-24-54(40(4)31-45)56-26-21-47(33-42(56)6)49-35-50(58-16-10-12-28-60-58)37-51(36-49)59-17-11-13-29-61-59/h8-37H,7H2,1-6H3. The number of benzene rings is 7. The second-order valence-corrected chi connectivity index (χ2v) is 16.4. The molecule has 7 aromatic carbocycles. The number of rotatable bonds is 9. The Labute approximate surface area is 361 Å². The van der Waals surface area contributed by atoms with Crippen molar-refractivity contribution in [3.8, 4) is 89.3 Å². The Hall–Kier alpha value is -7.16. The fourth-order valence-electron chi connectivity index (χ4n) is 8.94. The highest BCUT2D eigenvalue weighted by Crippen LogP contribution is 2.38. The molecule has 0 amide bonds. The molecule has 0 aliphatic rings. The number of pyridine rings is 2. The number of hydrogen-bond acceptors (Lipinski definition) is 2. The summed E-state index contributed by atoms with van der Waals surface area (Å²) in [5.74, 6) is 0. The first-order valence-electron chi connectivity index (χ1n) is 21.4. The highest BCUT2D eigenvalue weighted by atomic mass is 14.7. The topological polar surface area (TPSA) is 25.8 Å². The molecule has 0 saturated carbocycles. The summed E-state index contributed by atoms with van der Waals surface area (Å²) < 4.78 is 0. The van der Waals surface area contributed by atoms with Gasteiger partial charge in [-0.25, -0.2) is 0 Å². The molecule has 9 rings (SSSR count). The minimum absolute atomic E-state index is 0.946. The highest BCUT2D eigenvalue weighted by Gasteiger charge is 2.15. The molecule has 0 bridgehead atoms. The summed E-state index contributed by atoms with van der Waals surface area (Å²) in [6.07, 6.45) is 4.69. The van der Waals surface area contributed by atoms with Crippen molar-refractivity contribution in [2.24, 2.45) is 0 Å². The highest BCUT2D eigenvalue weighted by molar-refractivity contribution is 5.84. The lowest BCUT2D eigenvalue weighted by atomic mass is 9.88. The summed E-state index contributed by atoms with van der Waals surface area (Å²) >= 11 is 0. The van der Waals surface area contributed by atoms with Crippen molar-refractivity contribution < 1.29 is 0 Å². The molecule has 0 unspecified atom stereocenters. The number of aromatic nitrogens is 2. The molecule has 2 heterocycles. The molecule has 0 aliphatic carbocycles. The van der Waals surface area contributed by atoms with Gasteiger partial charge in [-0.15, -0.1) is 0 Å². The average molecular weight is 787 g/mol. The number of aryl methyl sites for hydroxylation is 6. The van der Waals surface area contributed by atoms with Crippen LogP contribution >= 0.6 is 0 Å². The first-order valence-corrected chi connectivity index (χ1v) is 21.4. The van der Waals surface area contributed by atoms with Gasteiger partial charge in [0.05, 0.1) is 11.4 Å². The molecule has 61 heavy (non-hydrogen) atoms. The van der Waals surface area contributed by atoms with Gasteiger partial charge in [0, 0.05) is 23.5 Å². The molecule has 296 valence electrons. The van der Waals surface area contributed by atoms with Gasteiger partial charge in [0.1, 0.15) is 0 Å². The third-order valence-electron chi connectivity index (χ3n) is 12.3. The Morgan fingerprint density at radius 2 is 0.656 bits per heavy atom. The predicted octanol–water partition coefficient (Wildman–Crippen LogP) is 15.9. The lowest BCUT2D eigenvalue weighted by Crippen LogP contribution is -1.93. The van der Waals surface area contributed by atoms with Crippen LogP contribution in [0.5, 0.6) is 0 Å². The van der Waals surface area contributed by atoms with E-state index in [2.05, 4.69) is 197 Å². The monoisotopic (exact) mass is 786 g/mol. The SMILES string of the molecule is CCc1cc(-c2ccc(-c3ccc(-c4ccc(-c5ccc(-c6cc(-c7ccccn7)cc(-c7ccccn7)c6)cc5C)c(C)c4)cc3C)c(C)c2)ccc1-c1ccccc1C. The van der Waals surface area contributed by atoms with Crippen molar-refractivity contribution in [2.75, 3.05) is 0 Å². The Morgan fingerprint density at radius 3 is 1.05 bits per heavy atom. The van der Waals surface area contributed by atoms with Crippen LogP contribution in [0.25, 0.3) is 89.3 Å². The first-order chi connectivity index (χ1) is 29.7. The molecule has 0 fully saturated rings. The predicted molar refractivity (Wildman–Crippen MR) is 259 cm³/mol. The van der Waals surface area contributed by atoms with Gasteiger partial charge in [-0.3, -0.25) is 9.97 Å². The summed E-state index contributed by atoms with van der Waals surface area (Å²) in [5.41, 5.74) is 26.8. The van der Waals surface area contributed by atoms with Crippen LogP contribution in [0, 0.1) is 34.6 Å². The molecular weight excluding hydrogens is 737 g/mol. The normalized spacial score (nSPS) is 11.2. The maximum Gasteiger partial charge on any atom is 0.0702 e. The molecule has 0 saturated heterocycles. The van der Waals surface area contributed by atoms with Crippen LogP contribution in [0.4, 0.5) is 0 Å². The van der Waals surface area contributed by atoms with E-state index in [9.17, 15) is 0 Å². The maximum absolute atomic E-state index is 4.66. The number of nitrogens with zero attached hydrogens (tertiary/aromatic N) is 2. The van der Waals surface area contributed by atoms with E-state index < -0.39 is 0 Å². The van der Waals surface area contributed by atoms with E-state index in [-0.39, 0.29) is 0 Å². The van der Waals surface area contributed by atoms with E-state index in [1.165, 1.54) is 94.6 Å². The Bertz CT molecular complexity index is 2990. The van der Waals surface area contributed by atoms with Crippen LogP contribution in [0.3, 0.4) is 0 Å². The van der Waals surface area contributed by atoms with E-state index in [1.54, 1.807) is 0 Å². The van der Waals surface area contributed by atoms with Crippen molar-refractivity contribution in [3.63, 3.8) is 0 Å². The fourth-order valence-corrected chi connectivity index (χ4v) is 8.94. The van der Waals surface area contributed by atoms with Crippen LogP contribution in [0.2, 0.25) is 0 Å². The van der Waals surface area contributed by atoms with Crippen LogP contribution in [0.1, 0.15) is 40.3 Å². The van der Waals surface area contributed by atoms with E-state index >= 15 is 0 Å². The lowest BCUT2D eigenvalue weighted by Gasteiger charge is -2.16. The smallest absolute Gasteiger partial charge is 0.0702 e. The van der Waals surface area contributed by atoms with Gasteiger partial charge < -0.3 is 0 Å². The third kappa shape index (κ3) is 7.98. The summed E-state index contributed by atoms with van der Waals surface area (Å²) in [6.45, 7) is 13.4. The van der Waals surface area contributed by atoms with Crippen molar-refractivity contribution in [3.05, 3.63) is 216 Å². The van der Waals surface area contributed by atoms with Gasteiger partial charge in [-0.05, 0) is 184 Å². The second kappa shape index (κ2) is 16.8. The van der Waals surface area contributed by atoms with Crippen molar-refractivity contribution in [2.45, 2.75) is 48.0 Å². The second-order valence-electron chi connectivity index (χ2n) is 16.4. The molecule has 0 aliphatic heterocycles. The largest absolute Gasteiger partial charge is 0.256 e. The van der Waals surface area contributed by atoms with E-state index in [1.807, 2.05) is 36.7 Å². The van der Waals surface area contributed by atoms with Crippen molar-refractivity contribution in [1.29, 1.82) is 0 Å². The number of hydrogen-bond donors (Lipinski definition) is 0. The van der Waals surface area contributed by atoms with Crippen LogP contribution in [-0.2, 0) is 6.42 Å². The summed E-state index contributed by atoms with van der Waals surface area (Å²) in [4.78, 5) is 9.32. The quantitative estimate of drug-likeness (QED) is 0.146. The zero-order chi connectivity index (χ0) is 42.0. The Morgan fingerprint density at radius 1 is 0.295 bits per heavy atom. The van der Waals surface area contributed by atoms with Gasteiger partial charge in [0.15, 0.2) is 0 Å². The fraction of sp³-hybridized carbons (Fsp3) is 0.119. The summed E-state index contributed by atoms with van der Waals surface area (Å²) in [6, 6.07) is 62.0. The van der Waals surface area contributed by atoms with Crippen LogP contribution < -0.4 is 0 Å². The first kappa shape index (κ1) is 39.3. The van der Waals surface area contributed by atoms with E-state index in [0.29, 0.717) is 0 Å². The van der Waals surface area contributed by atoms with Crippen LogP contribution in [-0.4, -0.2) is 9.97 Å². The molecule has 2 nitrogen and oxygen atoms in total. The van der Waals surface area contributed by atoms with E-state index in [4.69, 9.17) is 0 Å². The average Bonchev–Trinajstić information content (AvgIpc) is 3.29. The minimum Gasteiger partial charge on any atom is -0.256 e. The summed E-state index contributed by atoms with van der Waals surface area (Å²) in [7, 11) is 0. The van der Waals surface area contributed by atoms with Crippen molar-refractivity contribution >= 4 is 0 Å². The van der Waals surface area contributed by atoms with Gasteiger partial charge in [0.25, 0.3) is 0 Å².